The fraction of sp³-hybridized carbons (Fsp3) is 0. The number of hydrogen-bond donors (Lipinski definition) is 2. The van der Waals surface area contributed by atoms with Crippen molar-refractivity contribution in [3.63, 3.8) is 0 Å². The molecule has 0 amide bonds. The van der Waals surface area contributed by atoms with Gasteiger partial charge in [0.05, 0.1) is 5.52 Å². The number of rotatable bonds is 1. The van der Waals surface area contributed by atoms with Crippen LogP contribution in [0.5, 0.6) is 5.75 Å². The molecule has 0 spiro atoms. The van der Waals surface area contributed by atoms with Crippen molar-refractivity contribution in [2.24, 2.45) is 0 Å². The van der Waals surface area contributed by atoms with Gasteiger partial charge < -0.3 is 10.2 Å². The van der Waals surface area contributed by atoms with Gasteiger partial charge in [0.15, 0.2) is 0 Å². The van der Waals surface area contributed by atoms with Gasteiger partial charge in [-0.2, -0.15) is 0 Å². The molecule has 5 nitrogen and oxygen atoms in total. The van der Waals surface area contributed by atoms with Crippen LogP contribution in [0.2, 0.25) is 0 Å². The standard InChI is InChI=1S/C10H7NO4/c12-8-5-6(10(14)15)9(13)11-4-2-1-3-7(8)11/h1-5,12H,(H,14,15). The molecular weight excluding hydrogens is 198 g/mol. The lowest BCUT2D eigenvalue weighted by Gasteiger charge is -2.03. The van der Waals surface area contributed by atoms with Gasteiger partial charge in [0.2, 0.25) is 0 Å². The minimum atomic E-state index is -1.35. The number of carboxylic acids is 1. The molecule has 2 aromatic rings. The van der Waals surface area contributed by atoms with E-state index in [4.69, 9.17) is 5.11 Å². The summed E-state index contributed by atoms with van der Waals surface area (Å²) >= 11 is 0. The Balaban J connectivity index is 2.97. The monoisotopic (exact) mass is 205 g/mol. The van der Waals surface area contributed by atoms with Crippen molar-refractivity contribution in [3.8, 4) is 5.75 Å². The molecule has 2 aromatic heterocycles. The maximum Gasteiger partial charge on any atom is 0.341 e. The summed E-state index contributed by atoms with van der Waals surface area (Å²) in [6.07, 6.45) is 1.41. The van der Waals surface area contributed by atoms with E-state index in [0.29, 0.717) is 0 Å². The van der Waals surface area contributed by atoms with Crippen LogP contribution in [0.4, 0.5) is 0 Å². The van der Waals surface area contributed by atoms with E-state index in [1.165, 1.54) is 12.3 Å². The second kappa shape index (κ2) is 3.13. The Bertz CT molecular complexity index is 600. The van der Waals surface area contributed by atoms with Crippen molar-refractivity contribution in [2.45, 2.75) is 0 Å². The second-order valence-electron chi connectivity index (χ2n) is 3.01. The lowest BCUT2D eigenvalue weighted by molar-refractivity contribution is 0.0694. The van der Waals surface area contributed by atoms with Gasteiger partial charge in [-0.1, -0.05) is 6.07 Å². The van der Waals surface area contributed by atoms with E-state index in [9.17, 15) is 14.7 Å². The van der Waals surface area contributed by atoms with Crippen molar-refractivity contribution >= 4 is 11.5 Å². The van der Waals surface area contributed by atoms with Gasteiger partial charge in [0, 0.05) is 12.3 Å². The second-order valence-corrected chi connectivity index (χ2v) is 3.01. The normalized spacial score (nSPS) is 10.4. The molecule has 0 radical (unpaired) electrons. The van der Waals surface area contributed by atoms with E-state index in [1.807, 2.05) is 0 Å². The Labute approximate surface area is 83.8 Å². The van der Waals surface area contributed by atoms with Crippen molar-refractivity contribution in [1.82, 2.24) is 4.40 Å². The number of carboxylic acid groups (broad SMARTS) is 1. The molecule has 0 bridgehead atoms. The molecule has 0 unspecified atom stereocenters. The van der Waals surface area contributed by atoms with Crippen LogP contribution in [0.25, 0.3) is 5.52 Å². The maximum atomic E-state index is 11.6. The van der Waals surface area contributed by atoms with Crippen LogP contribution in [0.15, 0.2) is 35.3 Å². The van der Waals surface area contributed by atoms with E-state index in [2.05, 4.69) is 0 Å². The third-order valence-corrected chi connectivity index (χ3v) is 2.08. The van der Waals surface area contributed by atoms with E-state index in [-0.39, 0.29) is 11.3 Å². The molecule has 2 N–H and O–H groups in total. The molecule has 0 aliphatic heterocycles. The Kier molecular flexibility index (Phi) is 1.93. The number of nitrogens with zero attached hydrogens (tertiary/aromatic N) is 1. The number of carbonyl (C=O) groups is 1. The molecular formula is C10H7NO4. The Morgan fingerprint density at radius 3 is 2.73 bits per heavy atom. The lowest BCUT2D eigenvalue weighted by atomic mass is 10.2. The van der Waals surface area contributed by atoms with Crippen molar-refractivity contribution in [2.75, 3.05) is 0 Å². The predicted molar refractivity (Wildman–Crippen MR) is 52.3 cm³/mol. The quantitative estimate of drug-likeness (QED) is 0.718. The highest BCUT2D eigenvalue weighted by molar-refractivity contribution is 5.88. The average molecular weight is 205 g/mol. The molecule has 2 heterocycles. The zero-order chi connectivity index (χ0) is 11.0. The molecule has 0 aromatic carbocycles. The topological polar surface area (TPSA) is 79.0 Å². The Morgan fingerprint density at radius 1 is 1.33 bits per heavy atom. The van der Waals surface area contributed by atoms with Crippen molar-refractivity contribution < 1.29 is 15.0 Å². The lowest BCUT2D eigenvalue weighted by Crippen LogP contribution is -2.21. The maximum absolute atomic E-state index is 11.6. The minimum absolute atomic E-state index is 0.229. The molecule has 0 aliphatic carbocycles. The molecule has 76 valence electrons. The third-order valence-electron chi connectivity index (χ3n) is 2.08. The van der Waals surface area contributed by atoms with Gasteiger partial charge in [-0.05, 0) is 12.1 Å². The highest BCUT2D eigenvalue weighted by atomic mass is 16.4. The first-order valence-corrected chi connectivity index (χ1v) is 4.18. The number of aromatic nitrogens is 1. The van der Waals surface area contributed by atoms with Gasteiger partial charge in [-0.25, -0.2) is 4.79 Å². The van der Waals surface area contributed by atoms with Gasteiger partial charge in [0.1, 0.15) is 11.3 Å². The van der Waals surface area contributed by atoms with Crippen LogP contribution >= 0.6 is 0 Å². The van der Waals surface area contributed by atoms with Crippen LogP contribution in [0, 0.1) is 0 Å². The summed E-state index contributed by atoms with van der Waals surface area (Å²) in [5.74, 6) is -1.58. The summed E-state index contributed by atoms with van der Waals surface area (Å²) in [7, 11) is 0. The summed E-state index contributed by atoms with van der Waals surface area (Å²) < 4.78 is 1.10. The summed E-state index contributed by atoms with van der Waals surface area (Å²) in [6, 6.07) is 5.72. The van der Waals surface area contributed by atoms with Crippen molar-refractivity contribution in [3.05, 3.63) is 46.4 Å². The SMILES string of the molecule is O=C(O)c1cc(O)c2ccccn2c1=O. The Morgan fingerprint density at radius 2 is 2.07 bits per heavy atom. The van der Waals surface area contributed by atoms with Crippen LogP contribution < -0.4 is 5.56 Å². The third kappa shape index (κ3) is 1.34. The number of fused-ring (bicyclic) bond motifs is 1. The largest absolute Gasteiger partial charge is 0.506 e. The van der Waals surface area contributed by atoms with Gasteiger partial charge in [-0.3, -0.25) is 9.20 Å². The zero-order valence-electron chi connectivity index (χ0n) is 7.54. The molecule has 0 saturated carbocycles. The zero-order valence-corrected chi connectivity index (χ0v) is 7.54. The predicted octanol–water partition coefficient (Wildman–Crippen LogP) is 0.703. The Hall–Kier alpha value is -2.30. The molecule has 2 rings (SSSR count). The van der Waals surface area contributed by atoms with Crippen LogP contribution in [-0.2, 0) is 0 Å². The first-order chi connectivity index (χ1) is 7.11. The summed E-state index contributed by atoms with van der Waals surface area (Å²) in [6.45, 7) is 0. The van der Waals surface area contributed by atoms with E-state index < -0.39 is 17.1 Å². The minimum Gasteiger partial charge on any atom is -0.506 e. The summed E-state index contributed by atoms with van der Waals surface area (Å²) in [5.41, 5.74) is -0.820. The van der Waals surface area contributed by atoms with Gasteiger partial charge >= 0.3 is 5.97 Å². The highest BCUT2D eigenvalue weighted by Crippen LogP contribution is 2.16. The number of hydrogen-bond acceptors (Lipinski definition) is 3. The van der Waals surface area contributed by atoms with E-state index >= 15 is 0 Å². The fourth-order valence-electron chi connectivity index (χ4n) is 1.38. The first kappa shape index (κ1) is 9.26. The fourth-order valence-corrected chi connectivity index (χ4v) is 1.38. The smallest absolute Gasteiger partial charge is 0.341 e. The summed E-state index contributed by atoms with van der Waals surface area (Å²) in [4.78, 5) is 22.3. The van der Waals surface area contributed by atoms with Gasteiger partial charge in [0.25, 0.3) is 5.56 Å². The summed E-state index contributed by atoms with van der Waals surface area (Å²) in [5, 5.41) is 18.2. The van der Waals surface area contributed by atoms with E-state index in [1.54, 1.807) is 12.1 Å². The van der Waals surface area contributed by atoms with Crippen LogP contribution in [-0.4, -0.2) is 20.6 Å². The van der Waals surface area contributed by atoms with Crippen molar-refractivity contribution in [1.29, 1.82) is 0 Å². The molecule has 15 heavy (non-hydrogen) atoms. The molecule has 0 aliphatic rings. The first-order valence-electron chi connectivity index (χ1n) is 4.18. The van der Waals surface area contributed by atoms with Crippen LogP contribution in [0.3, 0.4) is 0 Å². The number of aromatic carboxylic acids is 1. The molecule has 0 saturated heterocycles. The van der Waals surface area contributed by atoms with Gasteiger partial charge in [-0.15, -0.1) is 0 Å². The number of aromatic hydroxyl groups is 1. The number of pyridine rings is 2. The molecule has 0 fully saturated rings. The average Bonchev–Trinajstić information content (AvgIpc) is 2.23. The molecule has 5 heteroatoms. The highest BCUT2D eigenvalue weighted by Gasteiger charge is 2.13. The molecule has 0 atom stereocenters. The van der Waals surface area contributed by atoms with E-state index in [0.717, 1.165) is 10.5 Å². The van der Waals surface area contributed by atoms with Crippen LogP contribution in [0.1, 0.15) is 10.4 Å².